The van der Waals surface area contributed by atoms with Crippen LogP contribution in [-0.4, -0.2) is 87.4 Å². The SMILES string of the molecule is C=S1(=O)NC(=O)c2ccc3c(c2)N(C[C@@H]2CC[C@H]2[C@](O)(CN2CC[C@@H](O)C2)CCC[C@H](C)[C@H]1C)C[C@@]1(CCCc2cc(Cl)ccc21)CO3. The zero-order valence-electron chi connectivity index (χ0n) is 28.5. The number of hydrogen-bond acceptors (Lipinski definition) is 7. The number of aryl methyl sites for hydroxylation is 1. The van der Waals surface area contributed by atoms with E-state index in [1.807, 2.05) is 25.1 Å². The lowest BCUT2D eigenvalue weighted by atomic mass is 9.62. The number of carbonyl (C=O) groups is 1. The smallest absolute Gasteiger partial charge is 0.262 e. The van der Waals surface area contributed by atoms with Gasteiger partial charge in [-0.15, -0.1) is 0 Å². The van der Waals surface area contributed by atoms with Gasteiger partial charge < -0.3 is 19.8 Å². The van der Waals surface area contributed by atoms with Crippen molar-refractivity contribution in [2.24, 2.45) is 17.8 Å². The molecule has 10 heteroatoms. The number of fused-ring (bicyclic) bond motifs is 4. The predicted molar refractivity (Wildman–Crippen MR) is 194 cm³/mol. The summed E-state index contributed by atoms with van der Waals surface area (Å²) in [5, 5.41) is 23.4. The van der Waals surface area contributed by atoms with Gasteiger partial charge in [0, 0.05) is 54.0 Å². The van der Waals surface area contributed by atoms with Crippen molar-refractivity contribution in [1.29, 1.82) is 0 Å². The Balaban J connectivity index is 1.29. The summed E-state index contributed by atoms with van der Waals surface area (Å²) >= 11 is 6.47. The van der Waals surface area contributed by atoms with Gasteiger partial charge in [0.2, 0.25) is 0 Å². The molecule has 8 nitrogen and oxygen atoms in total. The predicted octanol–water partition coefficient (Wildman–Crippen LogP) is 5.21. The van der Waals surface area contributed by atoms with Crippen LogP contribution in [0.3, 0.4) is 0 Å². The lowest BCUT2D eigenvalue weighted by Crippen LogP contribution is -2.56. The van der Waals surface area contributed by atoms with E-state index in [-0.39, 0.29) is 40.4 Å². The number of nitrogens with zero attached hydrogens (tertiary/aromatic N) is 2. The molecule has 2 aliphatic carbocycles. The Kier molecular flexibility index (Phi) is 9.33. The highest BCUT2D eigenvalue weighted by atomic mass is 35.5. The number of aliphatic hydroxyl groups is 2. The van der Waals surface area contributed by atoms with Gasteiger partial charge in [-0.2, -0.15) is 0 Å². The number of nitrogens with one attached hydrogen (secondary N) is 1. The van der Waals surface area contributed by atoms with Gasteiger partial charge in [0.25, 0.3) is 5.91 Å². The molecule has 1 unspecified atom stereocenters. The van der Waals surface area contributed by atoms with Gasteiger partial charge in [0.15, 0.2) is 0 Å². The standard InChI is InChI=1S/C38H52ClN3O5S/c1-25-6-4-16-38(45,23-41-17-14-31(43)21-41)33-11-8-29(33)20-42-22-37(15-5-7-27-18-30(39)10-12-32(27)37)24-47-35-13-9-28(19-34(35)42)36(44)40-48(3,46)26(25)2/h9-10,12-13,18-19,25-26,29,31,33,43,45H,3-8,11,14-17,20-24H2,1-2H3,(H,40,44,46)/t25-,26+,29-,31+,33+,37-,38+,48?/m0/s1. The van der Waals surface area contributed by atoms with Gasteiger partial charge in [-0.05, 0) is 123 Å². The largest absolute Gasteiger partial charge is 0.490 e. The maximum atomic E-state index is 13.9. The molecule has 3 heterocycles. The van der Waals surface area contributed by atoms with Crippen molar-refractivity contribution >= 4 is 38.8 Å². The van der Waals surface area contributed by atoms with Crippen LogP contribution in [-0.2, 0) is 21.5 Å². The Morgan fingerprint density at radius 1 is 1.08 bits per heavy atom. The third-order valence-electron chi connectivity index (χ3n) is 12.5. The summed E-state index contributed by atoms with van der Waals surface area (Å²) in [4.78, 5) is 18.3. The highest BCUT2D eigenvalue weighted by Gasteiger charge is 2.49. The van der Waals surface area contributed by atoms with Crippen LogP contribution in [0, 0.1) is 17.8 Å². The average Bonchev–Trinajstić information content (AvgIpc) is 3.36. The molecule has 5 aliphatic rings. The first-order valence-electron chi connectivity index (χ1n) is 18.0. The number of halogens is 1. The van der Waals surface area contributed by atoms with Crippen molar-refractivity contribution in [3.05, 3.63) is 58.1 Å². The molecule has 48 heavy (non-hydrogen) atoms. The summed E-state index contributed by atoms with van der Waals surface area (Å²) in [5.41, 5.74) is 2.70. The van der Waals surface area contributed by atoms with Crippen molar-refractivity contribution in [1.82, 2.24) is 9.62 Å². The lowest BCUT2D eigenvalue weighted by Gasteiger charge is -2.51. The fraction of sp³-hybridized carbons (Fsp3) is 0.632. The fourth-order valence-corrected chi connectivity index (χ4v) is 11.1. The van der Waals surface area contributed by atoms with Gasteiger partial charge in [0.05, 0.1) is 33.7 Å². The molecule has 1 saturated carbocycles. The van der Waals surface area contributed by atoms with E-state index in [1.54, 1.807) is 6.07 Å². The maximum Gasteiger partial charge on any atom is 0.262 e. The number of carbonyl (C=O) groups excluding carboxylic acids is 1. The monoisotopic (exact) mass is 697 g/mol. The molecule has 0 aromatic heterocycles. The summed E-state index contributed by atoms with van der Waals surface area (Å²) in [7, 11) is -2.95. The Labute approximate surface area is 291 Å². The summed E-state index contributed by atoms with van der Waals surface area (Å²) in [6.07, 6.45) is 7.60. The highest BCUT2D eigenvalue weighted by molar-refractivity contribution is 7.99. The molecule has 2 fully saturated rings. The lowest BCUT2D eigenvalue weighted by molar-refractivity contribution is -0.104. The third-order valence-corrected chi connectivity index (χ3v) is 15.0. The summed E-state index contributed by atoms with van der Waals surface area (Å²) in [6, 6.07) is 11.8. The van der Waals surface area contributed by atoms with Gasteiger partial charge in [0.1, 0.15) is 5.75 Å². The summed E-state index contributed by atoms with van der Waals surface area (Å²) < 4.78 is 23.4. The molecule has 262 valence electrons. The van der Waals surface area contributed by atoms with E-state index in [0.717, 1.165) is 87.5 Å². The summed E-state index contributed by atoms with van der Waals surface area (Å²) in [5.74, 6) is 4.79. The van der Waals surface area contributed by atoms with Gasteiger partial charge >= 0.3 is 0 Å². The van der Waals surface area contributed by atoms with Crippen LogP contribution in [0.5, 0.6) is 5.75 Å². The Bertz CT molecular complexity index is 1650. The Hall–Kier alpha value is -2.30. The van der Waals surface area contributed by atoms with Gasteiger partial charge in [-0.3, -0.25) is 14.4 Å². The zero-order chi connectivity index (χ0) is 33.8. The number of amides is 1. The molecule has 3 aliphatic heterocycles. The molecule has 1 amide bonds. The van der Waals surface area contributed by atoms with Crippen LogP contribution in [0.2, 0.25) is 5.02 Å². The van der Waals surface area contributed by atoms with E-state index < -0.39 is 15.3 Å². The molecule has 8 atom stereocenters. The first kappa shape index (κ1) is 34.2. The second-order valence-corrected chi connectivity index (χ2v) is 18.6. The van der Waals surface area contributed by atoms with E-state index in [0.29, 0.717) is 31.7 Å². The highest BCUT2D eigenvalue weighted by Crippen LogP contribution is 2.49. The second-order valence-electron chi connectivity index (χ2n) is 15.7. The number of likely N-dealkylation sites (tertiary alicyclic amines) is 1. The van der Waals surface area contributed by atoms with E-state index in [2.05, 4.69) is 39.4 Å². The van der Waals surface area contributed by atoms with Crippen molar-refractivity contribution in [2.45, 2.75) is 94.0 Å². The normalized spacial score (nSPS) is 37.5. The topological polar surface area (TPSA) is 102 Å². The van der Waals surface area contributed by atoms with Crippen LogP contribution in [0.1, 0.15) is 86.7 Å². The first-order chi connectivity index (χ1) is 22.9. The Morgan fingerprint density at radius 2 is 1.92 bits per heavy atom. The van der Waals surface area contributed by atoms with Gasteiger partial charge in [-0.1, -0.05) is 31.0 Å². The average molecular weight is 698 g/mol. The minimum absolute atomic E-state index is 0.0404. The maximum absolute atomic E-state index is 13.9. The van der Waals surface area contributed by atoms with Crippen LogP contribution < -0.4 is 14.4 Å². The Morgan fingerprint density at radius 3 is 2.67 bits per heavy atom. The zero-order valence-corrected chi connectivity index (χ0v) is 30.0. The first-order valence-corrected chi connectivity index (χ1v) is 20.1. The quantitative estimate of drug-likeness (QED) is 0.371. The molecule has 1 spiro atoms. The van der Waals surface area contributed by atoms with E-state index in [9.17, 15) is 19.2 Å². The molecule has 2 bridgehead atoms. The number of anilines is 1. The van der Waals surface area contributed by atoms with E-state index in [4.69, 9.17) is 16.3 Å². The molecule has 3 N–H and O–H groups in total. The molecular weight excluding hydrogens is 646 g/mol. The van der Waals surface area contributed by atoms with E-state index >= 15 is 0 Å². The number of aliphatic hydroxyl groups excluding tert-OH is 1. The number of ether oxygens (including phenoxy) is 1. The second kappa shape index (κ2) is 13.1. The third kappa shape index (κ3) is 6.50. The number of benzene rings is 2. The van der Waals surface area contributed by atoms with Crippen molar-refractivity contribution in [3.8, 4) is 5.75 Å². The van der Waals surface area contributed by atoms with Gasteiger partial charge in [-0.25, -0.2) is 4.21 Å². The molecule has 2 aromatic rings. The minimum Gasteiger partial charge on any atom is -0.490 e. The fourth-order valence-electron chi connectivity index (χ4n) is 9.41. The van der Waals surface area contributed by atoms with Crippen LogP contribution in [0.25, 0.3) is 0 Å². The van der Waals surface area contributed by atoms with Crippen molar-refractivity contribution < 1.29 is 24.0 Å². The molecule has 7 rings (SSSR count). The number of rotatable bonds is 2. The molecular formula is C38H52ClN3O5S. The minimum atomic E-state index is -2.95. The molecule has 0 radical (unpaired) electrons. The number of hydrogen-bond donors (Lipinski definition) is 3. The summed E-state index contributed by atoms with van der Waals surface area (Å²) in [6.45, 7) is 7.90. The van der Waals surface area contributed by atoms with E-state index in [1.165, 1.54) is 11.1 Å². The van der Waals surface area contributed by atoms with Crippen molar-refractivity contribution in [3.63, 3.8) is 0 Å². The van der Waals surface area contributed by atoms with Crippen LogP contribution in [0.15, 0.2) is 36.4 Å². The van der Waals surface area contributed by atoms with Crippen molar-refractivity contribution in [2.75, 3.05) is 44.2 Å². The molecule has 2 aromatic carbocycles. The number of β-amino-alcohol motifs (C(OH)–C–C–N with tert-alkyl or cyclic N) is 2. The van der Waals surface area contributed by atoms with Crippen LogP contribution >= 0.6 is 11.6 Å². The van der Waals surface area contributed by atoms with Crippen LogP contribution in [0.4, 0.5) is 5.69 Å². The molecule has 1 saturated heterocycles.